The van der Waals surface area contributed by atoms with Crippen LogP contribution in [0.5, 0.6) is 0 Å². The highest BCUT2D eigenvalue weighted by Crippen LogP contribution is 2.33. The fourth-order valence-corrected chi connectivity index (χ4v) is 3.43. The molecule has 1 aromatic carbocycles. The number of hydrogen-bond donors (Lipinski definition) is 2. The van der Waals surface area contributed by atoms with Crippen molar-refractivity contribution in [2.45, 2.75) is 52.0 Å². The van der Waals surface area contributed by atoms with Crippen molar-refractivity contribution in [3.63, 3.8) is 0 Å². The molecular weight excluding hydrogens is 338 g/mol. The van der Waals surface area contributed by atoms with Gasteiger partial charge in [-0.15, -0.1) is 12.4 Å². The summed E-state index contributed by atoms with van der Waals surface area (Å²) in [5.74, 6) is 0.417. The normalized spacial score (nSPS) is 23.0. The van der Waals surface area contributed by atoms with Gasteiger partial charge >= 0.3 is 0 Å². The lowest BCUT2D eigenvalue weighted by atomic mass is 9.74. The molecule has 0 radical (unpaired) electrons. The van der Waals surface area contributed by atoms with Crippen molar-refractivity contribution in [1.82, 2.24) is 4.98 Å². The first-order valence-electron chi connectivity index (χ1n) is 8.50. The average molecular weight is 364 g/mol. The van der Waals surface area contributed by atoms with E-state index in [0.29, 0.717) is 5.89 Å². The third-order valence-electron chi connectivity index (χ3n) is 4.93. The summed E-state index contributed by atoms with van der Waals surface area (Å²) in [6.07, 6.45) is 5.51. The van der Waals surface area contributed by atoms with Gasteiger partial charge < -0.3 is 15.5 Å². The van der Waals surface area contributed by atoms with E-state index in [4.69, 9.17) is 10.2 Å². The summed E-state index contributed by atoms with van der Waals surface area (Å²) < 4.78 is 5.50. The number of aryl methyl sites for hydroxylation is 2. The number of nitrogens with one attached hydrogen (secondary N) is 1. The Bertz CT molecular complexity index is 755. The molecule has 3 N–H and O–H groups in total. The second-order valence-corrected chi connectivity index (χ2v) is 7.12. The van der Waals surface area contributed by atoms with Gasteiger partial charge in [0.05, 0.1) is 11.6 Å². The van der Waals surface area contributed by atoms with Gasteiger partial charge in [0.25, 0.3) is 0 Å². The van der Waals surface area contributed by atoms with Gasteiger partial charge in [0.1, 0.15) is 6.26 Å². The zero-order valence-corrected chi connectivity index (χ0v) is 15.8. The largest absolute Gasteiger partial charge is 0.444 e. The molecule has 2 aromatic rings. The molecule has 25 heavy (non-hydrogen) atoms. The number of benzene rings is 1. The highest BCUT2D eigenvalue weighted by atomic mass is 35.5. The number of halogens is 1. The average Bonchev–Trinajstić information content (AvgIpc) is 2.95. The number of nitrogens with zero attached hydrogens (tertiary/aromatic N) is 1. The number of rotatable bonds is 3. The van der Waals surface area contributed by atoms with Gasteiger partial charge in [-0.05, 0) is 51.3 Å². The molecule has 0 saturated heterocycles. The maximum absolute atomic E-state index is 12.7. The van der Waals surface area contributed by atoms with E-state index in [1.54, 1.807) is 6.26 Å². The minimum atomic E-state index is -0.435. The Morgan fingerprint density at radius 2 is 2.12 bits per heavy atom. The topological polar surface area (TPSA) is 81.2 Å². The minimum Gasteiger partial charge on any atom is -0.444 e. The molecule has 1 aliphatic carbocycles. The molecule has 2 atom stereocenters. The maximum atomic E-state index is 12.7. The summed E-state index contributed by atoms with van der Waals surface area (Å²) >= 11 is 0. The molecule has 0 bridgehead atoms. The van der Waals surface area contributed by atoms with E-state index < -0.39 is 5.54 Å². The molecule has 6 heteroatoms. The quantitative estimate of drug-likeness (QED) is 0.855. The van der Waals surface area contributed by atoms with Crippen molar-refractivity contribution < 1.29 is 9.21 Å². The lowest BCUT2D eigenvalue weighted by molar-refractivity contribution is -0.122. The van der Waals surface area contributed by atoms with Crippen molar-refractivity contribution in [3.8, 4) is 11.5 Å². The van der Waals surface area contributed by atoms with Crippen LogP contribution in [0.4, 0.5) is 5.69 Å². The van der Waals surface area contributed by atoms with Crippen LogP contribution in [-0.4, -0.2) is 16.4 Å². The first kappa shape index (κ1) is 19.5. The number of oxazole rings is 1. The molecule has 1 heterocycles. The Morgan fingerprint density at radius 3 is 2.76 bits per heavy atom. The molecule has 3 rings (SSSR count). The highest BCUT2D eigenvalue weighted by Gasteiger charge is 2.37. The zero-order chi connectivity index (χ0) is 17.3. The van der Waals surface area contributed by atoms with Crippen molar-refractivity contribution in [2.24, 2.45) is 11.7 Å². The van der Waals surface area contributed by atoms with Crippen LogP contribution in [-0.2, 0) is 4.79 Å². The predicted molar refractivity (Wildman–Crippen MR) is 102 cm³/mol. The van der Waals surface area contributed by atoms with Gasteiger partial charge in [0.15, 0.2) is 0 Å². The van der Waals surface area contributed by atoms with Crippen molar-refractivity contribution in [2.75, 3.05) is 5.32 Å². The first-order chi connectivity index (χ1) is 11.4. The van der Waals surface area contributed by atoms with Crippen LogP contribution >= 0.6 is 12.4 Å². The van der Waals surface area contributed by atoms with Crippen LogP contribution in [0.3, 0.4) is 0 Å². The summed E-state index contributed by atoms with van der Waals surface area (Å²) in [5.41, 5.74) is 9.43. The lowest BCUT2D eigenvalue weighted by Crippen LogP contribution is -2.51. The molecular formula is C19H26ClN3O2. The zero-order valence-electron chi connectivity index (χ0n) is 15.0. The van der Waals surface area contributed by atoms with Crippen LogP contribution < -0.4 is 11.1 Å². The number of amides is 1. The van der Waals surface area contributed by atoms with E-state index in [1.807, 2.05) is 39.0 Å². The number of carbonyl (C=O) groups excluding carboxylic acids is 1. The summed E-state index contributed by atoms with van der Waals surface area (Å²) in [4.78, 5) is 17.1. The Balaban J connectivity index is 0.00000225. The van der Waals surface area contributed by atoms with Crippen LogP contribution in [0, 0.1) is 19.8 Å². The Hall–Kier alpha value is -1.85. The fourth-order valence-electron chi connectivity index (χ4n) is 3.43. The number of aromatic nitrogens is 1. The molecule has 0 aliphatic heterocycles. The molecule has 136 valence electrons. The second kappa shape index (κ2) is 7.58. The van der Waals surface area contributed by atoms with Gasteiger partial charge in [-0.1, -0.05) is 18.9 Å². The predicted octanol–water partition coefficient (Wildman–Crippen LogP) is 4.23. The third kappa shape index (κ3) is 4.22. The lowest BCUT2D eigenvalue weighted by Gasteiger charge is -2.37. The SMILES string of the molecule is Cc1coc(-c2cc(NC(=O)C3CCCCC3(C)N)ccc2C)n1.Cl. The fraction of sp³-hybridized carbons (Fsp3) is 0.474. The second-order valence-electron chi connectivity index (χ2n) is 7.12. The molecule has 1 fully saturated rings. The molecule has 1 aromatic heterocycles. The number of carbonyl (C=O) groups is 1. The van der Waals surface area contributed by atoms with E-state index in [2.05, 4.69) is 10.3 Å². The smallest absolute Gasteiger partial charge is 0.229 e. The first-order valence-corrected chi connectivity index (χ1v) is 8.50. The van der Waals surface area contributed by atoms with Gasteiger partial charge in [0.2, 0.25) is 11.8 Å². The Kier molecular flexibility index (Phi) is 5.91. The van der Waals surface area contributed by atoms with Crippen LogP contribution in [0.25, 0.3) is 11.5 Å². The molecule has 0 spiro atoms. The molecule has 1 saturated carbocycles. The van der Waals surface area contributed by atoms with Gasteiger partial charge in [-0.2, -0.15) is 0 Å². The van der Waals surface area contributed by atoms with Gasteiger partial charge in [0, 0.05) is 16.8 Å². The van der Waals surface area contributed by atoms with E-state index in [-0.39, 0.29) is 24.2 Å². The minimum absolute atomic E-state index is 0. The van der Waals surface area contributed by atoms with E-state index in [9.17, 15) is 4.79 Å². The molecule has 1 amide bonds. The van der Waals surface area contributed by atoms with E-state index in [0.717, 1.165) is 48.2 Å². The van der Waals surface area contributed by atoms with Gasteiger partial charge in [-0.3, -0.25) is 4.79 Å². The van der Waals surface area contributed by atoms with E-state index in [1.165, 1.54) is 0 Å². The van der Waals surface area contributed by atoms with Gasteiger partial charge in [-0.25, -0.2) is 4.98 Å². The summed E-state index contributed by atoms with van der Waals surface area (Å²) in [7, 11) is 0. The number of nitrogens with two attached hydrogens (primary N) is 1. The molecule has 5 nitrogen and oxygen atoms in total. The van der Waals surface area contributed by atoms with Crippen LogP contribution in [0.2, 0.25) is 0 Å². The summed E-state index contributed by atoms with van der Waals surface area (Å²) in [6.45, 7) is 5.87. The van der Waals surface area contributed by atoms with Crippen LogP contribution in [0.1, 0.15) is 43.9 Å². The number of hydrogen-bond acceptors (Lipinski definition) is 4. The third-order valence-corrected chi connectivity index (χ3v) is 4.93. The number of anilines is 1. The highest BCUT2D eigenvalue weighted by molar-refractivity contribution is 5.94. The Labute approximate surface area is 154 Å². The van der Waals surface area contributed by atoms with Crippen molar-refractivity contribution >= 4 is 24.0 Å². The van der Waals surface area contributed by atoms with Crippen molar-refractivity contribution in [1.29, 1.82) is 0 Å². The maximum Gasteiger partial charge on any atom is 0.229 e. The van der Waals surface area contributed by atoms with Crippen molar-refractivity contribution in [3.05, 3.63) is 35.7 Å². The standard InChI is InChI=1S/C19H25N3O2.ClH/c1-12-7-8-14(10-15(12)18-21-13(2)11-24-18)22-17(23)16-6-4-5-9-19(16,3)20;/h7-8,10-11,16H,4-6,9,20H2,1-3H3,(H,22,23);1H. The summed E-state index contributed by atoms with van der Waals surface area (Å²) in [5, 5.41) is 3.02. The molecule has 2 unspecified atom stereocenters. The summed E-state index contributed by atoms with van der Waals surface area (Å²) in [6, 6.07) is 5.78. The molecule has 1 aliphatic rings. The van der Waals surface area contributed by atoms with E-state index >= 15 is 0 Å². The Morgan fingerprint density at radius 1 is 1.36 bits per heavy atom. The monoisotopic (exact) mass is 363 g/mol. The van der Waals surface area contributed by atoms with Crippen LogP contribution in [0.15, 0.2) is 28.9 Å².